The number of aryl methyl sites for hydroxylation is 3. The van der Waals surface area contributed by atoms with Crippen LogP contribution in [0.4, 0.5) is 0 Å². The predicted molar refractivity (Wildman–Crippen MR) is 101 cm³/mol. The van der Waals surface area contributed by atoms with E-state index < -0.39 is 0 Å². The van der Waals surface area contributed by atoms with E-state index in [0.29, 0.717) is 17.3 Å². The van der Waals surface area contributed by atoms with Crippen molar-refractivity contribution in [2.45, 2.75) is 39.0 Å². The first-order valence-corrected chi connectivity index (χ1v) is 9.18. The van der Waals surface area contributed by atoms with E-state index in [1.54, 1.807) is 4.68 Å². The second kappa shape index (κ2) is 5.96. The number of rotatable bonds is 3. The van der Waals surface area contributed by atoms with Crippen molar-refractivity contribution in [1.29, 1.82) is 5.26 Å². The maximum atomic E-state index is 9.65. The summed E-state index contributed by atoms with van der Waals surface area (Å²) >= 11 is 0. The summed E-state index contributed by atoms with van der Waals surface area (Å²) < 4.78 is 3.60. The van der Waals surface area contributed by atoms with Gasteiger partial charge in [0.15, 0.2) is 5.82 Å². The molecule has 4 aromatic rings. The molecule has 0 amide bonds. The summed E-state index contributed by atoms with van der Waals surface area (Å²) in [7, 11) is 0. The minimum Gasteiger partial charge on any atom is -0.291 e. The third kappa shape index (κ3) is 2.55. The lowest BCUT2D eigenvalue weighted by atomic mass is 10.1. The highest BCUT2D eigenvalue weighted by Gasteiger charge is 2.44. The number of aromatic nitrogens is 7. The highest BCUT2D eigenvalue weighted by Crippen LogP contribution is 2.54. The molecule has 0 aliphatic heterocycles. The van der Waals surface area contributed by atoms with Gasteiger partial charge in [-0.2, -0.15) is 9.94 Å². The molecule has 4 aromatic heterocycles. The van der Waals surface area contributed by atoms with Crippen molar-refractivity contribution < 1.29 is 0 Å². The summed E-state index contributed by atoms with van der Waals surface area (Å²) in [5.74, 6) is 3.34. The van der Waals surface area contributed by atoms with Crippen molar-refractivity contribution in [3.8, 4) is 11.9 Å². The number of hydrogen-bond donors (Lipinski definition) is 0. The Kier molecular flexibility index (Phi) is 3.52. The molecule has 1 aliphatic rings. The SMILES string of the molecule is Cc1nc(C2C[C@H]2c2nc3ccccn3c2C#N)cc(-n2nc(C)nc2C)n1. The maximum Gasteiger partial charge on any atom is 0.159 e. The second-order valence-corrected chi connectivity index (χ2v) is 7.15. The molecule has 0 bridgehead atoms. The van der Waals surface area contributed by atoms with E-state index >= 15 is 0 Å². The fourth-order valence-corrected chi connectivity index (χ4v) is 3.82. The molecule has 0 radical (unpaired) electrons. The average Bonchev–Trinajstić information content (AvgIpc) is 3.28. The van der Waals surface area contributed by atoms with E-state index in [1.807, 2.05) is 55.6 Å². The van der Waals surface area contributed by atoms with Crippen LogP contribution in [0.15, 0.2) is 30.5 Å². The molecule has 8 nitrogen and oxygen atoms in total. The van der Waals surface area contributed by atoms with E-state index in [0.717, 1.165) is 35.1 Å². The van der Waals surface area contributed by atoms with Gasteiger partial charge in [-0.1, -0.05) is 6.07 Å². The maximum absolute atomic E-state index is 9.65. The zero-order valence-corrected chi connectivity index (χ0v) is 15.8. The van der Waals surface area contributed by atoms with Crippen LogP contribution in [0.25, 0.3) is 11.5 Å². The summed E-state index contributed by atoms with van der Waals surface area (Å²) in [5, 5.41) is 14.1. The van der Waals surface area contributed by atoms with Gasteiger partial charge in [-0.3, -0.25) is 4.40 Å². The first kappa shape index (κ1) is 16.6. The van der Waals surface area contributed by atoms with Crippen molar-refractivity contribution in [2.24, 2.45) is 0 Å². The normalized spacial score (nSPS) is 18.4. The van der Waals surface area contributed by atoms with Crippen LogP contribution in [-0.2, 0) is 0 Å². The van der Waals surface area contributed by atoms with Crippen LogP contribution in [0.5, 0.6) is 0 Å². The zero-order chi connectivity index (χ0) is 19.4. The van der Waals surface area contributed by atoms with Crippen LogP contribution in [-0.4, -0.2) is 34.1 Å². The molecule has 0 spiro atoms. The number of nitriles is 1. The van der Waals surface area contributed by atoms with Gasteiger partial charge in [0.05, 0.1) is 11.4 Å². The van der Waals surface area contributed by atoms with Gasteiger partial charge in [0.1, 0.15) is 34.9 Å². The van der Waals surface area contributed by atoms with Gasteiger partial charge < -0.3 is 0 Å². The predicted octanol–water partition coefficient (Wildman–Crippen LogP) is 2.77. The Morgan fingerprint density at radius 2 is 1.89 bits per heavy atom. The molecule has 5 rings (SSSR count). The minimum absolute atomic E-state index is 0.190. The highest BCUT2D eigenvalue weighted by atomic mass is 15.4. The molecular formula is C20H18N8. The molecule has 2 atom stereocenters. The topological polar surface area (TPSA) is 97.6 Å². The number of hydrogen-bond acceptors (Lipinski definition) is 6. The highest BCUT2D eigenvalue weighted by molar-refractivity contribution is 5.50. The Morgan fingerprint density at radius 3 is 2.64 bits per heavy atom. The molecule has 28 heavy (non-hydrogen) atoms. The molecule has 1 fully saturated rings. The van der Waals surface area contributed by atoms with E-state index in [1.165, 1.54) is 0 Å². The first-order chi connectivity index (χ1) is 13.5. The third-order valence-electron chi connectivity index (χ3n) is 5.12. The van der Waals surface area contributed by atoms with Crippen LogP contribution in [0.1, 0.15) is 52.8 Å². The average molecular weight is 370 g/mol. The van der Waals surface area contributed by atoms with Crippen molar-refractivity contribution in [2.75, 3.05) is 0 Å². The molecule has 0 N–H and O–H groups in total. The number of imidazole rings is 1. The second-order valence-electron chi connectivity index (χ2n) is 7.15. The van der Waals surface area contributed by atoms with Gasteiger partial charge >= 0.3 is 0 Å². The Hall–Kier alpha value is -3.60. The van der Waals surface area contributed by atoms with E-state index in [4.69, 9.17) is 4.98 Å². The van der Waals surface area contributed by atoms with Gasteiger partial charge in [-0.25, -0.2) is 19.9 Å². The van der Waals surface area contributed by atoms with E-state index in [9.17, 15) is 5.26 Å². The molecule has 1 unspecified atom stereocenters. The van der Waals surface area contributed by atoms with Crippen LogP contribution in [0.2, 0.25) is 0 Å². The lowest BCUT2D eigenvalue weighted by molar-refractivity contribution is 0.777. The van der Waals surface area contributed by atoms with Gasteiger partial charge in [0, 0.05) is 24.1 Å². The molecular weight excluding hydrogens is 352 g/mol. The van der Waals surface area contributed by atoms with Crippen LogP contribution >= 0.6 is 0 Å². The van der Waals surface area contributed by atoms with Crippen LogP contribution in [0, 0.1) is 32.1 Å². The fourth-order valence-electron chi connectivity index (χ4n) is 3.82. The Morgan fingerprint density at radius 1 is 1.04 bits per heavy atom. The summed E-state index contributed by atoms with van der Waals surface area (Å²) in [4.78, 5) is 18.3. The standard InChI is InChI=1S/C20H18N8/c1-11-23-16(9-19(24-11)28-13(3)22-12(2)26-28)14-8-15(14)20-17(10-21)27-7-5-4-6-18(27)25-20/h4-7,9,14-15H,8H2,1-3H3/t14?,15-/m1/s1. The quantitative estimate of drug-likeness (QED) is 0.550. The lowest BCUT2D eigenvalue weighted by Crippen LogP contribution is -2.06. The molecule has 138 valence electrons. The monoisotopic (exact) mass is 370 g/mol. The summed E-state index contributed by atoms with van der Waals surface area (Å²) in [6.07, 6.45) is 2.80. The first-order valence-electron chi connectivity index (χ1n) is 9.18. The Balaban J connectivity index is 1.53. The Bertz CT molecular complexity index is 1260. The van der Waals surface area contributed by atoms with Crippen molar-refractivity contribution in [3.63, 3.8) is 0 Å². The fraction of sp³-hybridized carbons (Fsp3) is 0.300. The number of fused-ring (bicyclic) bond motifs is 1. The molecule has 0 saturated heterocycles. The van der Waals surface area contributed by atoms with Crippen LogP contribution < -0.4 is 0 Å². The van der Waals surface area contributed by atoms with Crippen LogP contribution in [0.3, 0.4) is 0 Å². The van der Waals surface area contributed by atoms with Crippen molar-refractivity contribution >= 4 is 5.65 Å². The summed E-state index contributed by atoms with van der Waals surface area (Å²) in [5.41, 5.74) is 3.22. The molecule has 1 aliphatic carbocycles. The Labute approximate surface area is 161 Å². The molecule has 1 saturated carbocycles. The summed E-state index contributed by atoms with van der Waals surface area (Å²) in [6.45, 7) is 5.66. The minimum atomic E-state index is 0.190. The molecule has 4 heterocycles. The van der Waals surface area contributed by atoms with Gasteiger partial charge in [0.25, 0.3) is 0 Å². The largest absolute Gasteiger partial charge is 0.291 e. The molecule has 0 aromatic carbocycles. The lowest BCUT2D eigenvalue weighted by Gasteiger charge is -2.06. The van der Waals surface area contributed by atoms with Gasteiger partial charge in [0.2, 0.25) is 0 Å². The van der Waals surface area contributed by atoms with Gasteiger partial charge in [-0.15, -0.1) is 5.10 Å². The zero-order valence-electron chi connectivity index (χ0n) is 15.8. The number of pyridine rings is 1. The van der Waals surface area contributed by atoms with E-state index in [-0.39, 0.29) is 11.8 Å². The number of nitrogens with zero attached hydrogens (tertiary/aromatic N) is 8. The van der Waals surface area contributed by atoms with Crippen molar-refractivity contribution in [3.05, 3.63) is 65.0 Å². The smallest absolute Gasteiger partial charge is 0.159 e. The van der Waals surface area contributed by atoms with Crippen molar-refractivity contribution in [1.82, 2.24) is 34.1 Å². The van der Waals surface area contributed by atoms with Gasteiger partial charge in [-0.05, 0) is 39.3 Å². The van der Waals surface area contributed by atoms with E-state index in [2.05, 4.69) is 26.1 Å². The summed E-state index contributed by atoms with van der Waals surface area (Å²) in [6, 6.07) is 10.0. The molecule has 8 heteroatoms. The third-order valence-corrected chi connectivity index (χ3v) is 5.12.